The summed E-state index contributed by atoms with van der Waals surface area (Å²) in [4.78, 5) is 10.1. The highest BCUT2D eigenvalue weighted by Gasteiger charge is 2.37. The first kappa shape index (κ1) is 14.1. The van der Waals surface area contributed by atoms with Crippen molar-refractivity contribution >= 4 is 6.09 Å². The van der Waals surface area contributed by atoms with E-state index in [9.17, 15) is 31.1 Å². The van der Waals surface area contributed by atoms with Crippen LogP contribution in [-0.4, -0.2) is 17.6 Å². The highest BCUT2D eigenvalue weighted by Crippen LogP contribution is 2.37. The molecule has 1 aliphatic heterocycles. The van der Waals surface area contributed by atoms with Crippen LogP contribution in [-0.2, 0) is 4.74 Å². The summed E-state index contributed by atoms with van der Waals surface area (Å²) < 4.78 is 81.7. The number of nitrogens with zero attached hydrogens (tertiary/aromatic N) is 1. The van der Waals surface area contributed by atoms with E-state index in [0.29, 0.717) is 0 Å². The average Bonchev–Trinajstić information content (AvgIpc) is 2.38. The van der Waals surface area contributed by atoms with Crippen LogP contribution in [0.15, 0.2) is 35.2 Å². The molecular formula is C9H5F6NO2. The monoisotopic (exact) mass is 273 g/mol. The van der Waals surface area contributed by atoms with Crippen LogP contribution in [0.25, 0.3) is 0 Å². The molecule has 0 aliphatic carbocycles. The van der Waals surface area contributed by atoms with E-state index < -0.39 is 46.2 Å². The van der Waals surface area contributed by atoms with Crippen molar-refractivity contribution in [2.24, 2.45) is 0 Å². The molecule has 0 aromatic rings. The fraction of sp³-hybridized carbons (Fsp3) is 0.222. The highest BCUT2D eigenvalue weighted by molar-refractivity contribution is 5.72. The summed E-state index contributed by atoms with van der Waals surface area (Å²) in [5, 5.41) is 0. The molecule has 0 spiro atoms. The third-order valence-electron chi connectivity index (χ3n) is 1.78. The highest BCUT2D eigenvalue weighted by atomic mass is 19.2. The molecule has 0 atom stereocenters. The fourth-order valence-electron chi connectivity index (χ4n) is 1.00. The van der Waals surface area contributed by atoms with E-state index >= 15 is 0 Å². The van der Waals surface area contributed by atoms with Gasteiger partial charge in [-0.1, -0.05) is 0 Å². The molecule has 1 amide bonds. The third kappa shape index (κ3) is 2.20. The minimum atomic E-state index is -2.59. The predicted molar refractivity (Wildman–Crippen MR) is 46.6 cm³/mol. The van der Waals surface area contributed by atoms with E-state index in [4.69, 9.17) is 0 Å². The zero-order valence-corrected chi connectivity index (χ0v) is 8.74. The van der Waals surface area contributed by atoms with Crippen LogP contribution in [0.2, 0.25) is 0 Å². The fourth-order valence-corrected chi connectivity index (χ4v) is 1.00. The van der Waals surface area contributed by atoms with Gasteiger partial charge in [-0.2, -0.15) is 22.5 Å². The molecule has 0 fully saturated rings. The maximum atomic E-state index is 13.2. The normalized spacial score (nSPS) is 17.4. The number of rotatable bonds is 1. The third-order valence-corrected chi connectivity index (χ3v) is 1.78. The van der Waals surface area contributed by atoms with Crippen molar-refractivity contribution in [3.8, 4) is 0 Å². The minimum absolute atomic E-state index is 0.377. The summed E-state index contributed by atoms with van der Waals surface area (Å²) in [7, 11) is 0. The van der Waals surface area contributed by atoms with Gasteiger partial charge < -0.3 is 4.74 Å². The van der Waals surface area contributed by atoms with Crippen molar-refractivity contribution in [2.75, 3.05) is 6.61 Å². The van der Waals surface area contributed by atoms with Crippen LogP contribution in [0.3, 0.4) is 0 Å². The number of halogens is 6. The summed E-state index contributed by atoms with van der Waals surface area (Å²) in [5.41, 5.74) is 0. The first-order chi connectivity index (χ1) is 8.32. The molecule has 0 bridgehead atoms. The van der Waals surface area contributed by atoms with Gasteiger partial charge in [0.25, 0.3) is 0 Å². The number of allylic oxidation sites excluding steroid dienone is 4. The second-order valence-electron chi connectivity index (χ2n) is 2.87. The molecule has 9 heteroatoms. The first-order valence-corrected chi connectivity index (χ1v) is 4.46. The molecule has 0 saturated heterocycles. The summed E-state index contributed by atoms with van der Waals surface area (Å²) in [6.45, 7) is 0.864. The molecule has 1 aliphatic rings. The molecule has 3 nitrogen and oxygen atoms in total. The number of hydrogen-bond acceptors (Lipinski definition) is 2. The molecule has 1 heterocycles. The standard InChI is InChI=1S/C9H5F6NO2/c1-2-18-9(17)16-7(14)5(12)3(10)4(11)6(13)8(16)15/h2H2,1H3. The van der Waals surface area contributed by atoms with E-state index in [1.807, 2.05) is 0 Å². The predicted octanol–water partition coefficient (Wildman–Crippen LogP) is 3.83. The Morgan fingerprint density at radius 3 is 1.67 bits per heavy atom. The van der Waals surface area contributed by atoms with E-state index in [0.717, 1.165) is 0 Å². The Balaban J connectivity index is 3.41. The number of carbonyl (C=O) groups excluding carboxylic acids is 1. The Bertz CT molecular complexity index is 447. The lowest BCUT2D eigenvalue weighted by molar-refractivity contribution is 0.109. The Morgan fingerprint density at radius 2 is 1.33 bits per heavy atom. The first-order valence-electron chi connectivity index (χ1n) is 4.46. The molecule has 1 rings (SSSR count). The van der Waals surface area contributed by atoms with Gasteiger partial charge in [-0.15, -0.1) is 0 Å². The Kier molecular flexibility index (Phi) is 4.04. The second-order valence-corrected chi connectivity index (χ2v) is 2.87. The lowest BCUT2D eigenvalue weighted by Gasteiger charge is -2.16. The van der Waals surface area contributed by atoms with Gasteiger partial charge in [-0.25, -0.2) is 13.6 Å². The topological polar surface area (TPSA) is 29.5 Å². The quantitative estimate of drug-likeness (QED) is 0.537. The van der Waals surface area contributed by atoms with Gasteiger partial charge in [0.15, 0.2) is 0 Å². The van der Waals surface area contributed by atoms with Crippen molar-refractivity contribution in [1.29, 1.82) is 0 Å². The van der Waals surface area contributed by atoms with Crippen LogP contribution < -0.4 is 0 Å². The minimum Gasteiger partial charge on any atom is -0.449 e. The molecule has 0 N–H and O–H groups in total. The van der Waals surface area contributed by atoms with E-state index in [1.165, 1.54) is 6.92 Å². The molecule has 0 unspecified atom stereocenters. The lowest BCUT2D eigenvalue weighted by atomic mass is 10.4. The second kappa shape index (κ2) is 5.15. The van der Waals surface area contributed by atoms with Crippen molar-refractivity contribution in [2.45, 2.75) is 6.92 Å². The summed E-state index contributed by atoms with van der Waals surface area (Å²) >= 11 is 0. The van der Waals surface area contributed by atoms with Crippen molar-refractivity contribution in [1.82, 2.24) is 4.90 Å². The molecule has 0 aromatic heterocycles. The number of carbonyl (C=O) groups is 1. The molecular weight excluding hydrogens is 268 g/mol. The SMILES string of the molecule is CCOC(=O)N1C(F)=C(F)C(F)=C(F)C(F)=C1F. The van der Waals surface area contributed by atoms with Crippen LogP contribution in [0, 0.1) is 0 Å². The summed E-state index contributed by atoms with van der Waals surface area (Å²) in [6, 6.07) is 0. The van der Waals surface area contributed by atoms with Crippen LogP contribution in [0.5, 0.6) is 0 Å². The van der Waals surface area contributed by atoms with E-state index in [2.05, 4.69) is 4.74 Å². The maximum absolute atomic E-state index is 13.2. The summed E-state index contributed by atoms with van der Waals surface area (Å²) in [5.74, 6) is -15.2. The van der Waals surface area contributed by atoms with Gasteiger partial charge in [-0.05, 0) is 6.92 Å². The number of amides is 1. The van der Waals surface area contributed by atoms with Gasteiger partial charge in [0.1, 0.15) is 0 Å². The zero-order chi connectivity index (χ0) is 14.0. The maximum Gasteiger partial charge on any atom is 0.422 e. The van der Waals surface area contributed by atoms with Gasteiger partial charge in [0, 0.05) is 0 Å². The van der Waals surface area contributed by atoms with E-state index in [-0.39, 0.29) is 6.61 Å². The van der Waals surface area contributed by atoms with Crippen LogP contribution in [0.1, 0.15) is 6.92 Å². The number of hydrogen-bond donors (Lipinski definition) is 0. The Hall–Kier alpha value is -1.93. The largest absolute Gasteiger partial charge is 0.449 e. The molecule has 18 heavy (non-hydrogen) atoms. The van der Waals surface area contributed by atoms with Crippen molar-refractivity contribution in [3.05, 3.63) is 35.2 Å². The molecule has 100 valence electrons. The molecule has 0 aromatic carbocycles. The Morgan fingerprint density at radius 1 is 0.944 bits per heavy atom. The molecule has 0 saturated carbocycles. The average molecular weight is 273 g/mol. The van der Waals surface area contributed by atoms with Crippen LogP contribution >= 0.6 is 0 Å². The van der Waals surface area contributed by atoms with Crippen LogP contribution in [0.4, 0.5) is 31.1 Å². The smallest absolute Gasteiger partial charge is 0.422 e. The van der Waals surface area contributed by atoms with Gasteiger partial charge in [-0.3, -0.25) is 0 Å². The van der Waals surface area contributed by atoms with Gasteiger partial charge in [0.05, 0.1) is 6.61 Å². The lowest BCUT2D eigenvalue weighted by Crippen LogP contribution is -2.28. The van der Waals surface area contributed by atoms with Gasteiger partial charge >= 0.3 is 6.09 Å². The van der Waals surface area contributed by atoms with Gasteiger partial charge in [0.2, 0.25) is 35.2 Å². The Labute approximate surface area is 96.6 Å². The van der Waals surface area contributed by atoms with Crippen molar-refractivity contribution in [3.63, 3.8) is 0 Å². The van der Waals surface area contributed by atoms with Crippen molar-refractivity contribution < 1.29 is 35.9 Å². The zero-order valence-electron chi connectivity index (χ0n) is 8.74. The summed E-state index contributed by atoms with van der Waals surface area (Å²) in [6.07, 6.45) is -1.86. The number of ether oxygens (including phenoxy) is 1. The molecule has 0 radical (unpaired) electrons. The van der Waals surface area contributed by atoms with E-state index in [1.54, 1.807) is 0 Å².